The van der Waals surface area contributed by atoms with Crippen LogP contribution in [-0.4, -0.2) is 45.1 Å². The molecule has 0 radical (unpaired) electrons. The van der Waals surface area contributed by atoms with Gasteiger partial charge in [0.2, 0.25) is 0 Å². The van der Waals surface area contributed by atoms with Crippen molar-refractivity contribution < 1.29 is 18.8 Å². The monoisotopic (exact) mass is 452 g/mol. The molecule has 1 heterocycles. The summed E-state index contributed by atoms with van der Waals surface area (Å²) in [6.07, 6.45) is 0. The molecule has 0 aliphatic carbocycles. The third kappa shape index (κ3) is 3.59. The first-order chi connectivity index (χ1) is 14.8. The number of carbonyl (C=O) groups excluding carboxylic acids is 3. The van der Waals surface area contributed by atoms with Crippen LogP contribution in [0.15, 0.2) is 42.5 Å². The first-order valence-corrected chi connectivity index (χ1v) is 13.6. The molecular formula is C25H32N2O4Si. The summed E-state index contributed by atoms with van der Waals surface area (Å²) in [5.41, 5.74) is 2.02. The van der Waals surface area contributed by atoms with Crippen molar-refractivity contribution in [2.24, 2.45) is 0 Å². The van der Waals surface area contributed by atoms with Crippen molar-refractivity contribution in [2.75, 3.05) is 14.2 Å². The summed E-state index contributed by atoms with van der Waals surface area (Å²) >= 11 is 0. The van der Waals surface area contributed by atoms with E-state index in [1.54, 1.807) is 19.2 Å². The van der Waals surface area contributed by atoms with E-state index in [9.17, 15) is 14.4 Å². The predicted molar refractivity (Wildman–Crippen MR) is 127 cm³/mol. The number of fused-ring (bicyclic) bond motifs is 1. The van der Waals surface area contributed by atoms with Gasteiger partial charge in [-0.3, -0.25) is 19.3 Å². The van der Waals surface area contributed by atoms with Gasteiger partial charge < -0.3 is 9.74 Å². The van der Waals surface area contributed by atoms with E-state index in [0.717, 1.165) is 11.1 Å². The number of rotatable bonds is 6. The van der Waals surface area contributed by atoms with E-state index in [1.165, 1.54) is 18.0 Å². The quantitative estimate of drug-likeness (QED) is 0.525. The molecule has 0 atom stereocenters. The summed E-state index contributed by atoms with van der Waals surface area (Å²) in [7, 11) is 1.24. The maximum absolute atomic E-state index is 13.3. The van der Waals surface area contributed by atoms with Crippen LogP contribution in [0, 0.1) is 0 Å². The minimum atomic E-state index is -2.04. The average molecular weight is 453 g/mol. The molecule has 0 spiro atoms. The van der Waals surface area contributed by atoms with Gasteiger partial charge in [0.25, 0.3) is 17.7 Å². The largest absolute Gasteiger partial charge is 0.420 e. The molecule has 7 heteroatoms. The highest BCUT2D eigenvalue weighted by Gasteiger charge is 2.46. The van der Waals surface area contributed by atoms with E-state index in [0.29, 0.717) is 11.1 Å². The summed E-state index contributed by atoms with van der Waals surface area (Å²) in [5.74, 6) is -1.04. The maximum atomic E-state index is 13.3. The zero-order valence-corrected chi connectivity index (χ0v) is 21.1. The molecule has 2 aromatic carbocycles. The molecular weight excluding hydrogens is 420 g/mol. The van der Waals surface area contributed by atoms with Gasteiger partial charge in [-0.15, -0.1) is 0 Å². The van der Waals surface area contributed by atoms with Crippen molar-refractivity contribution in [3.8, 4) is 0 Å². The number of imide groups is 1. The van der Waals surface area contributed by atoms with Gasteiger partial charge in [0.15, 0.2) is 8.32 Å². The van der Waals surface area contributed by atoms with Crippen molar-refractivity contribution in [2.45, 2.75) is 51.4 Å². The molecule has 0 unspecified atom stereocenters. The fraction of sp³-hybridized carbons (Fsp3) is 0.400. The molecule has 1 N–H and O–H groups in total. The van der Waals surface area contributed by atoms with Crippen molar-refractivity contribution >= 4 is 26.0 Å². The number of nitrogens with one attached hydrogen (secondary N) is 1. The lowest BCUT2D eigenvalue weighted by atomic mass is 9.88. The first kappa shape index (κ1) is 23.9. The lowest BCUT2D eigenvalue weighted by Crippen LogP contribution is -2.50. The molecule has 3 amide bonds. The molecule has 0 bridgehead atoms. The summed E-state index contributed by atoms with van der Waals surface area (Å²) in [6.45, 7) is 12.5. The van der Waals surface area contributed by atoms with E-state index in [2.05, 4.69) is 44.4 Å². The molecule has 1 aliphatic rings. The Bertz CT molecular complexity index is 1100. The Morgan fingerprint density at radius 3 is 2.12 bits per heavy atom. The van der Waals surface area contributed by atoms with Crippen molar-refractivity contribution in [3.05, 3.63) is 70.3 Å². The van der Waals surface area contributed by atoms with Gasteiger partial charge in [-0.1, -0.05) is 38.1 Å². The van der Waals surface area contributed by atoms with Gasteiger partial charge in [-0.2, -0.15) is 0 Å². The SMILES string of the molecule is CNC(=O)c1ccc2c(c1)C(=O)N(C(C)(C)c1cccc(C(C)(C)[Si](C)(C)OC)c1)C2=O. The first-order valence-electron chi connectivity index (χ1n) is 10.7. The normalized spacial score (nSPS) is 14.6. The van der Waals surface area contributed by atoms with Crippen molar-refractivity contribution in [3.63, 3.8) is 0 Å². The van der Waals surface area contributed by atoms with Crippen LogP contribution in [0.4, 0.5) is 0 Å². The van der Waals surface area contributed by atoms with E-state index in [4.69, 9.17) is 4.43 Å². The molecule has 3 rings (SSSR count). The molecule has 2 aromatic rings. The van der Waals surface area contributed by atoms with Crippen LogP contribution in [0.1, 0.15) is 69.9 Å². The van der Waals surface area contributed by atoms with Gasteiger partial charge in [-0.05, 0) is 56.3 Å². The fourth-order valence-corrected chi connectivity index (χ4v) is 5.42. The summed E-state index contributed by atoms with van der Waals surface area (Å²) in [5, 5.41) is 2.36. The second-order valence-electron chi connectivity index (χ2n) is 9.76. The zero-order valence-electron chi connectivity index (χ0n) is 20.1. The highest BCUT2D eigenvalue weighted by atomic mass is 28.4. The number of nitrogens with zero attached hydrogens (tertiary/aromatic N) is 1. The van der Waals surface area contributed by atoms with E-state index in [-0.39, 0.29) is 22.4 Å². The molecule has 32 heavy (non-hydrogen) atoms. The Morgan fingerprint density at radius 1 is 0.938 bits per heavy atom. The molecule has 1 aliphatic heterocycles. The van der Waals surface area contributed by atoms with Crippen LogP contribution in [-0.2, 0) is 15.0 Å². The molecule has 6 nitrogen and oxygen atoms in total. The lowest BCUT2D eigenvalue weighted by molar-refractivity contribution is 0.0475. The second kappa shape index (κ2) is 7.97. The minimum absolute atomic E-state index is 0.182. The fourth-order valence-electron chi connectivity index (χ4n) is 4.05. The van der Waals surface area contributed by atoms with Gasteiger partial charge >= 0.3 is 0 Å². The number of hydrogen-bond acceptors (Lipinski definition) is 4. The Kier molecular flexibility index (Phi) is 5.95. The number of benzene rings is 2. The van der Waals surface area contributed by atoms with Crippen LogP contribution in [0.3, 0.4) is 0 Å². The smallest absolute Gasteiger partial charge is 0.262 e. The number of hydrogen-bond donors (Lipinski definition) is 1. The van der Waals surface area contributed by atoms with Crippen LogP contribution in [0.2, 0.25) is 13.1 Å². The van der Waals surface area contributed by atoms with Crippen molar-refractivity contribution in [1.82, 2.24) is 10.2 Å². The van der Waals surface area contributed by atoms with E-state index >= 15 is 0 Å². The number of amides is 3. The van der Waals surface area contributed by atoms with Crippen molar-refractivity contribution in [1.29, 1.82) is 0 Å². The van der Waals surface area contributed by atoms with Gasteiger partial charge in [0.05, 0.1) is 16.7 Å². The average Bonchev–Trinajstić information content (AvgIpc) is 3.03. The van der Waals surface area contributed by atoms with Crippen LogP contribution >= 0.6 is 0 Å². The van der Waals surface area contributed by atoms with E-state index in [1.807, 2.05) is 26.0 Å². The molecule has 170 valence electrons. The summed E-state index contributed by atoms with van der Waals surface area (Å²) in [4.78, 5) is 39.9. The topological polar surface area (TPSA) is 75.7 Å². The van der Waals surface area contributed by atoms with E-state index < -0.39 is 19.8 Å². The lowest BCUT2D eigenvalue weighted by Gasteiger charge is -2.40. The Labute approximate surface area is 191 Å². The number of carbonyl (C=O) groups is 3. The van der Waals surface area contributed by atoms with Crippen LogP contribution in [0.25, 0.3) is 0 Å². The third-order valence-corrected chi connectivity index (χ3v) is 11.6. The van der Waals surface area contributed by atoms with Crippen LogP contribution < -0.4 is 5.32 Å². The summed E-state index contributed by atoms with van der Waals surface area (Å²) < 4.78 is 5.89. The Balaban J connectivity index is 2.04. The standard InChI is InChI=1S/C25H32N2O4Si/c1-24(2,17-10-9-11-18(15-17)25(3,4)32(7,8)31-6)27-22(29)19-13-12-16(21(28)26-5)14-20(19)23(27)30/h9-15H,1-8H3,(H,26,28). The maximum Gasteiger partial charge on any atom is 0.262 e. The highest BCUT2D eigenvalue weighted by Crippen LogP contribution is 2.39. The zero-order chi connectivity index (χ0) is 24.1. The van der Waals surface area contributed by atoms with Gasteiger partial charge in [-0.25, -0.2) is 0 Å². The minimum Gasteiger partial charge on any atom is -0.420 e. The molecule has 0 fully saturated rings. The summed E-state index contributed by atoms with van der Waals surface area (Å²) in [6, 6.07) is 12.7. The highest BCUT2D eigenvalue weighted by molar-refractivity contribution is 6.74. The Hall–Kier alpha value is -2.77. The van der Waals surface area contributed by atoms with Crippen LogP contribution in [0.5, 0.6) is 0 Å². The van der Waals surface area contributed by atoms with Gasteiger partial charge in [0.1, 0.15) is 0 Å². The molecule has 0 saturated carbocycles. The second-order valence-corrected chi connectivity index (χ2v) is 14.4. The Morgan fingerprint density at radius 2 is 1.53 bits per heavy atom. The molecule has 0 aromatic heterocycles. The predicted octanol–water partition coefficient (Wildman–Crippen LogP) is 4.25. The van der Waals surface area contributed by atoms with Gasteiger partial charge in [0, 0.05) is 24.8 Å². The molecule has 0 saturated heterocycles. The third-order valence-electron chi connectivity index (χ3n) is 7.24.